The highest BCUT2D eigenvalue weighted by Gasteiger charge is 2.33. The Hall–Kier alpha value is -3.34. The van der Waals surface area contributed by atoms with Crippen molar-refractivity contribution in [3.05, 3.63) is 88.1 Å². The van der Waals surface area contributed by atoms with Crippen molar-refractivity contribution in [1.29, 1.82) is 0 Å². The van der Waals surface area contributed by atoms with Crippen LogP contribution in [0, 0.1) is 10.1 Å². The van der Waals surface area contributed by atoms with Crippen LogP contribution in [-0.4, -0.2) is 26.5 Å². The maximum Gasteiger partial charge on any atom is 0.416 e. The largest absolute Gasteiger partial charge is 0.467 e. The van der Waals surface area contributed by atoms with Gasteiger partial charge in [-0.3, -0.25) is 19.9 Å². The van der Waals surface area contributed by atoms with Crippen LogP contribution in [0.4, 0.5) is 18.9 Å². The number of furan rings is 1. The summed E-state index contributed by atoms with van der Waals surface area (Å²) in [6, 6.07) is 9.16. The molecule has 0 saturated carbocycles. The fourth-order valence-electron chi connectivity index (χ4n) is 2.72. The number of rotatable bonds is 8. The third kappa shape index (κ3) is 6.07. The first-order valence-electron chi connectivity index (χ1n) is 8.91. The average Bonchev–Trinajstić information content (AvgIpc) is 3.24. The van der Waals surface area contributed by atoms with E-state index in [2.05, 4.69) is 4.98 Å². The third-order valence-corrected chi connectivity index (χ3v) is 5.26. The number of benzene rings is 1. The zero-order valence-electron chi connectivity index (χ0n) is 15.9. The predicted molar refractivity (Wildman–Crippen MR) is 106 cm³/mol. The van der Waals surface area contributed by atoms with E-state index in [0.29, 0.717) is 11.8 Å². The Morgan fingerprint density at radius 1 is 1.19 bits per heavy atom. The molecule has 0 spiro atoms. The number of amides is 1. The van der Waals surface area contributed by atoms with Crippen molar-refractivity contribution in [2.75, 3.05) is 5.75 Å². The smallest absolute Gasteiger partial charge is 0.416 e. The molecule has 2 aromatic heterocycles. The van der Waals surface area contributed by atoms with E-state index in [9.17, 15) is 28.1 Å². The van der Waals surface area contributed by atoms with Crippen LogP contribution < -0.4 is 0 Å². The van der Waals surface area contributed by atoms with Gasteiger partial charge in [0.15, 0.2) is 0 Å². The van der Waals surface area contributed by atoms with E-state index < -0.39 is 22.4 Å². The topological polar surface area (TPSA) is 89.5 Å². The van der Waals surface area contributed by atoms with E-state index >= 15 is 0 Å². The maximum atomic E-state index is 12.9. The molecule has 0 aliphatic heterocycles. The van der Waals surface area contributed by atoms with Crippen molar-refractivity contribution < 1.29 is 27.3 Å². The van der Waals surface area contributed by atoms with Crippen molar-refractivity contribution in [1.82, 2.24) is 9.88 Å². The zero-order valence-corrected chi connectivity index (χ0v) is 16.7. The number of nitro benzene ring substituents is 1. The lowest BCUT2D eigenvalue weighted by atomic mass is 10.2. The lowest BCUT2D eigenvalue weighted by Gasteiger charge is -2.21. The number of hydrogen-bond donors (Lipinski definition) is 0. The Balaban J connectivity index is 1.76. The van der Waals surface area contributed by atoms with Gasteiger partial charge in [-0.2, -0.15) is 13.2 Å². The minimum absolute atomic E-state index is 0.0225. The van der Waals surface area contributed by atoms with E-state index in [1.807, 2.05) is 0 Å². The van der Waals surface area contributed by atoms with Gasteiger partial charge in [-0.1, -0.05) is 6.07 Å². The molecule has 7 nitrogen and oxygen atoms in total. The summed E-state index contributed by atoms with van der Waals surface area (Å²) in [7, 11) is 0. The minimum Gasteiger partial charge on any atom is -0.467 e. The summed E-state index contributed by atoms with van der Waals surface area (Å²) in [5.74, 6) is -0.0186. The van der Waals surface area contributed by atoms with E-state index in [1.165, 1.54) is 11.2 Å². The molecule has 0 N–H and O–H groups in total. The molecular formula is C20H16F3N3O4S. The number of nitro groups is 1. The molecule has 1 aromatic carbocycles. The van der Waals surface area contributed by atoms with Crippen LogP contribution in [0.5, 0.6) is 0 Å². The van der Waals surface area contributed by atoms with Crippen LogP contribution in [-0.2, 0) is 24.1 Å². The Morgan fingerprint density at radius 2 is 2.00 bits per heavy atom. The molecule has 1 amide bonds. The van der Waals surface area contributed by atoms with E-state index in [0.717, 1.165) is 29.5 Å². The van der Waals surface area contributed by atoms with Crippen molar-refractivity contribution >= 4 is 23.4 Å². The molecule has 162 valence electrons. The lowest BCUT2D eigenvalue weighted by Crippen LogP contribution is -2.31. The Labute approximate surface area is 179 Å². The van der Waals surface area contributed by atoms with Crippen molar-refractivity contribution in [3.63, 3.8) is 0 Å². The minimum atomic E-state index is -4.70. The highest BCUT2D eigenvalue weighted by atomic mass is 32.2. The van der Waals surface area contributed by atoms with Gasteiger partial charge < -0.3 is 9.32 Å². The molecule has 3 aromatic rings. The number of pyridine rings is 1. The summed E-state index contributed by atoms with van der Waals surface area (Å²) in [5.41, 5.74) is -1.05. The first kappa shape index (κ1) is 22.3. The van der Waals surface area contributed by atoms with E-state index in [4.69, 9.17) is 4.42 Å². The van der Waals surface area contributed by atoms with Gasteiger partial charge in [0.05, 0.1) is 33.9 Å². The number of nitrogens with zero attached hydrogens (tertiary/aromatic N) is 3. The van der Waals surface area contributed by atoms with Gasteiger partial charge in [-0.05, 0) is 35.9 Å². The summed E-state index contributed by atoms with van der Waals surface area (Å²) in [6.07, 6.45) is -0.0201. The summed E-state index contributed by atoms with van der Waals surface area (Å²) in [4.78, 5) is 28.7. The predicted octanol–water partition coefficient (Wildman–Crippen LogP) is 4.92. The second-order valence-corrected chi connectivity index (χ2v) is 7.43. The molecule has 0 bridgehead atoms. The van der Waals surface area contributed by atoms with Gasteiger partial charge in [0.25, 0.3) is 5.69 Å². The van der Waals surface area contributed by atoms with Crippen LogP contribution in [0.1, 0.15) is 16.9 Å². The van der Waals surface area contributed by atoms with Crippen molar-refractivity contribution in [2.24, 2.45) is 0 Å². The van der Waals surface area contributed by atoms with Gasteiger partial charge in [0.1, 0.15) is 5.76 Å². The van der Waals surface area contributed by atoms with Gasteiger partial charge in [0, 0.05) is 25.0 Å². The summed E-state index contributed by atoms with van der Waals surface area (Å²) < 4.78 is 43.9. The second-order valence-electron chi connectivity index (χ2n) is 6.42. The first-order valence-corrected chi connectivity index (χ1v) is 9.90. The monoisotopic (exact) mass is 451 g/mol. The second kappa shape index (κ2) is 9.65. The Morgan fingerprint density at radius 3 is 2.61 bits per heavy atom. The zero-order chi connectivity index (χ0) is 22.4. The molecule has 11 heteroatoms. The van der Waals surface area contributed by atoms with E-state index in [-0.39, 0.29) is 29.6 Å². The number of aromatic nitrogens is 1. The number of thioether (sulfide) groups is 1. The number of carbonyl (C=O) groups is 1. The van der Waals surface area contributed by atoms with Crippen molar-refractivity contribution in [2.45, 2.75) is 24.2 Å². The van der Waals surface area contributed by atoms with Crippen LogP contribution >= 0.6 is 11.8 Å². The summed E-state index contributed by atoms with van der Waals surface area (Å²) in [5, 5.41) is 11.2. The Bertz CT molecular complexity index is 1040. The van der Waals surface area contributed by atoms with Gasteiger partial charge >= 0.3 is 6.18 Å². The molecule has 0 fully saturated rings. The van der Waals surface area contributed by atoms with E-state index in [1.54, 1.807) is 36.7 Å². The van der Waals surface area contributed by atoms with Gasteiger partial charge in [0.2, 0.25) is 5.91 Å². The number of halogens is 3. The van der Waals surface area contributed by atoms with Crippen LogP contribution in [0.3, 0.4) is 0 Å². The Kier molecular flexibility index (Phi) is 6.95. The maximum absolute atomic E-state index is 12.9. The van der Waals surface area contributed by atoms with Gasteiger partial charge in [-0.15, -0.1) is 11.8 Å². The number of carbonyl (C=O) groups excluding carboxylic acids is 1. The molecular weight excluding hydrogens is 435 g/mol. The van der Waals surface area contributed by atoms with Crippen LogP contribution in [0.25, 0.3) is 0 Å². The first-order chi connectivity index (χ1) is 14.7. The molecule has 3 rings (SSSR count). The quantitative estimate of drug-likeness (QED) is 0.274. The van der Waals surface area contributed by atoms with Crippen LogP contribution in [0.15, 0.2) is 70.4 Å². The third-order valence-electron chi connectivity index (χ3n) is 4.21. The SMILES string of the molecule is O=C(CSc1ccc(C(F)(F)F)cc1[N+](=O)[O-])N(Cc1cccnc1)Cc1ccco1. The molecule has 0 radical (unpaired) electrons. The molecule has 31 heavy (non-hydrogen) atoms. The molecule has 0 unspecified atom stereocenters. The van der Waals surface area contributed by atoms with Gasteiger partial charge in [-0.25, -0.2) is 0 Å². The highest BCUT2D eigenvalue weighted by molar-refractivity contribution is 8.00. The molecule has 2 heterocycles. The van der Waals surface area contributed by atoms with Crippen molar-refractivity contribution in [3.8, 4) is 0 Å². The lowest BCUT2D eigenvalue weighted by molar-refractivity contribution is -0.388. The highest BCUT2D eigenvalue weighted by Crippen LogP contribution is 2.36. The standard InChI is InChI=1S/C20H16F3N3O4S/c21-20(22,23)15-5-6-18(17(9-15)26(28)29)31-13-19(27)25(12-16-4-2-8-30-16)11-14-3-1-7-24-10-14/h1-10H,11-13H2. The van der Waals surface area contributed by atoms with Crippen LogP contribution in [0.2, 0.25) is 0 Å². The molecule has 0 saturated heterocycles. The summed E-state index contributed by atoms with van der Waals surface area (Å²) >= 11 is 0.808. The number of alkyl halides is 3. The number of hydrogen-bond acceptors (Lipinski definition) is 6. The molecule has 0 atom stereocenters. The fraction of sp³-hybridized carbons (Fsp3) is 0.200. The average molecular weight is 451 g/mol. The normalized spacial score (nSPS) is 11.3. The fourth-order valence-corrected chi connectivity index (χ4v) is 3.63. The molecule has 0 aliphatic carbocycles. The summed E-state index contributed by atoms with van der Waals surface area (Å²) in [6.45, 7) is 0.388. The molecule has 0 aliphatic rings.